The molecule has 2 saturated heterocycles. The van der Waals surface area contributed by atoms with E-state index in [0.29, 0.717) is 12.8 Å². The molecule has 1 amide bonds. The van der Waals surface area contributed by atoms with Gasteiger partial charge in [-0.1, -0.05) is 315 Å². The number of rotatable bonds is 64. The van der Waals surface area contributed by atoms with Crippen LogP contribution in [0.15, 0.2) is 122 Å². The van der Waals surface area contributed by atoms with Crippen molar-refractivity contribution in [2.24, 2.45) is 0 Å². The first-order chi connectivity index (χ1) is 47.6. The van der Waals surface area contributed by atoms with E-state index in [2.05, 4.69) is 129 Å². The first-order valence-corrected chi connectivity index (χ1v) is 39.3. The highest BCUT2D eigenvalue weighted by atomic mass is 16.7. The molecule has 2 rings (SSSR count). The van der Waals surface area contributed by atoms with E-state index >= 15 is 0 Å². The highest BCUT2D eigenvalue weighted by Gasteiger charge is 2.51. The molecule has 2 heterocycles. The number of unbranched alkanes of at least 4 members (excludes halogenated alkanes) is 33. The molecule has 0 aromatic heterocycles. The lowest BCUT2D eigenvalue weighted by atomic mass is 9.97. The van der Waals surface area contributed by atoms with Gasteiger partial charge in [-0.15, -0.1) is 0 Å². The van der Waals surface area contributed by atoms with E-state index in [1.807, 2.05) is 6.08 Å². The lowest BCUT2D eigenvalue weighted by Gasteiger charge is -2.46. The lowest BCUT2D eigenvalue weighted by Crippen LogP contribution is -2.65. The first kappa shape index (κ1) is 89.5. The summed E-state index contributed by atoms with van der Waals surface area (Å²) < 4.78 is 22.9. The van der Waals surface area contributed by atoms with Gasteiger partial charge >= 0.3 is 0 Å². The average Bonchev–Trinajstić information content (AvgIpc) is 0.794. The van der Waals surface area contributed by atoms with Gasteiger partial charge in [0.05, 0.1) is 32.0 Å². The molecule has 0 spiro atoms. The third kappa shape index (κ3) is 48.8. The summed E-state index contributed by atoms with van der Waals surface area (Å²) in [6, 6.07) is -0.950. The highest BCUT2D eigenvalue weighted by Crippen LogP contribution is 2.30. The van der Waals surface area contributed by atoms with Crippen molar-refractivity contribution in [3.63, 3.8) is 0 Å². The molecule has 2 fully saturated rings. The molecule has 12 unspecified atom stereocenters. The first-order valence-electron chi connectivity index (χ1n) is 39.3. The smallest absolute Gasteiger partial charge is 0.220 e. The Hall–Kier alpha value is -3.61. The van der Waals surface area contributed by atoms with Crippen molar-refractivity contribution in [3.05, 3.63) is 122 Å². The van der Waals surface area contributed by atoms with E-state index in [1.165, 1.54) is 173 Å². The van der Waals surface area contributed by atoms with E-state index in [-0.39, 0.29) is 18.9 Å². The Morgan fingerprint density at radius 1 is 0.381 bits per heavy atom. The number of allylic oxidation sites excluding steroid dienone is 19. The van der Waals surface area contributed by atoms with E-state index in [0.717, 1.165) is 96.3 Å². The molecular weight excluding hydrogens is 1220 g/mol. The van der Waals surface area contributed by atoms with E-state index < -0.39 is 86.8 Å². The predicted octanol–water partition coefficient (Wildman–Crippen LogP) is 17.6. The summed E-state index contributed by atoms with van der Waals surface area (Å²) in [5.74, 6) is -0.259. The van der Waals surface area contributed by atoms with Gasteiger partial charge in [-0.25, -0.2) is 0 Å². The van der Waals surface area contributed by atoms with Gasteiger partial charge in [-0.05, 0) is 103 Å². The molecule has 0 aromatic carbocycles. The summed E-state index contributed by atoms with van der Waals surface area (Å²) in [5.41, 5.74) is 0. The molecule has 9 N–H and O–H groups in total. The molecule has 0 bridgehead atoms. The maximum Gasteiger partial charge on any atom is 0.220 e. The van der Waals surface area contributed by atoms with E-state index in [4.69, 9.17) is 18.9 Å². The largest absolute Gasteiger partial charge is 0.394 e. The maximum absolute atomic E-state index is 13.4. The van der Waals surface area contributed by atoms with Crippen LogP contribution in [0.25, 0.3) is 0 Å². The second-order valence-electron chi connectivity index (χ2n) is 27.1. The average molecular weight is 1360 g/mol. The molecule has 97 heavy (non-hydrogen) atoms. The number of hydrogen-bond acceptors (Lipinski definition) is 13. The molecule has 14 nitrogen and oxygen atoms in total. The third-order valence-corrected chi connectivity index (χ3v) is 18.4. The third-order valence-electron chi connectivity index (χ3n) is 18.4. The van der Waals surface area contributed by atoms with Crippen molar-refractivity contribution in [2.45, 2.75) is 376 Å². The van der Waals surface area contributed by atoms with Crippen LogP contribution in [0.2, 0.25) is 0 Å². The molecule has 2 aliphatic rings. The summed E-state index contributed by atoms with van der Waals surface area (Å²) >= 11 is 0. The van der Waals surface area contributed by atoms with Crippen LogP contribution in [-0.4, -0.2) is 140 Å². The minimum atomic E-state index is -1.80. The molecule has 0 aliphatic carbocycles. The number of carbonyl (C=O) groups is 1. The standard InChI is InChI=1S/C83H143NO13/c1-3-5-7-9-11-13-15-17-19-21-23-25-27-29-31-33-35-36-37-39-41-43-45-47-49-51-53-55-57-59-61-63-65-67-75(88)84-71(70-94-82-80(93)78(91)81(74(69-86)96-82)97-83-79(92)77(90)76(89)73(68-85)95-83)72(87)66-64-62-60-58-56-54-52-50-48-46-44-42-40-38-34-32-30-28-26-24-22-20-18-16-14-12-10-8-6-4-2/h5,7,11,13,17,19,23,25,29,31,35-36,39,41,48,50,56,58,64,66,71-74,76-83,85-87,89-93H,3-4,6,8-10,12,14-16,18,20-22,24,26-28,30,32-34,37-38,40,42-47,49,51-55,57,59-63,65,67-70H2,1-2H3,(H,84,88)/b7-5-,13-11-,19-17-,25-23-,31-29-,36-35-,41-39-,50-48+,58-56+,66-64+. The van der Waals surface area contributed by atoms with Gasteiger partial charge in [0, 0.05) is 6.42 Å². The molecule has 12 atom stereocenters. The van der Waals surface area contributed by atoms with Crippen LogP contribution < -0.4 is 5.32 Å². The fourth-order valence-corrected chi connectivity index (χ4v) is 12.2. The molecule has 0 radical (unpaired) electrons. The lowest BCUT2D eigenvalue weighted by molar-refractivity contribution is -0.359. The zero-order valence-corrected chi connectivity index (χ0v) is 61.0. The monoisotopic (exact) mass is 1360 g/mol. The zero-order valence-electron chi connectivity index (χ0n) is 61.0. The zero-order chi connectivity index (χ0) is 70.1. The fraction of sp³-hybridized carbons (Fsp3) is 0.747. The quantitative estimate of drug-likeness (QED) is 0.0204. The van der Waals surface area contributed by atoms with Crippen LogP contribution in [0, 0.1) is 0 Å². The van der Waals surface area contributed by atoms with Crippen molar-refractivity contribution < 1.29 is 64.6 Å². The molecule has 558 valence electrons. The minimum absolute atomic E-state index is 0.259. The second kappa shape index (κ2) is 65.7. The summed E-state index contributed by atoms with van der Waals surface area (Å²) in [7, 11) is 0. The fourth-order valence-electron chi connectivity index (χ4n) is 12.2. The molecule has 0 aromatic rings. The predicted molar refractivity (Wildman–Crippen MR) is 401 cm³/mol. The summed E-state index contributed by atoms with van der Waals surface area (Å²) in [6.45, 7) is 2.69. The molecule has 2 aliphatic heterocycles. The Labute approximate surface area is 590 Å². The van der Waals surface area contributed by atoms with Crippen molar-refractivity contribution in [3.8, 4) is 0 Å². The van der Waals surface area contributed by atoms with Crippen molar-refractivity contribution in [2.75, 3.05) is 19.8 Å². The van der Waals surface area contributed by atoms with Gasteiger partial charge in [-0.2, -0.15) is 0 Å². The van der Waals surface area contributed by atoms with Gasteiger partial charge in [0.15, 0.2) is 12.6 Å². The van der Waals surface area contributed by atoms with E-state index in [1.54, 1.807) is 6.08 Å². The Bertz CT molecular complexity index is 2100. The number of amides is 1. The Balaban J connectivity index is 1.67. The Morgan fingerprint density at radius 3 is 1.13 bits per heavy atom. The number of nitrogens with one attached hydrogen (secondary N) is 1. The van der Waals surface area contributed by atoms with Crippen LogP contribution in [0.5, 0.6) is 0 Å². The SMILES string of the molecule is CC/C=C\C/C=C\C/C=C\C/C=C\C/C=C\C/C=C\C/C=C\CCCCCCCCCCCCCC(=O)NC(COC1OC(CO)C(OC2OC(CO)C(O)C(O)C2O)C(O)C1O)C(O)/C=C/CC/C=C/CC/C=C/CCCCCCCCCCCCCCCCCCCCCC. The number of aliphatic hydroxyl groups excluding tert-OH is 8. The second-order valence-corrected chi connectivity index (χ2v) is 27.1. The Morgan fingerprint density at radius 2 is 0.722 bits per heavy atom. The van der Waals surface area contributed by atoms with Crippen molar-refractivity contribution >= 4 is 5.91 Å². The van der Waals surface area contributed by atoms with Gasteiger partial charge < -0.3 is 65.1 Å². The van der Waals surface area contributed by atoms with Crippen LogP contribution in [0.1, 0.15) is 303 Å². The highest BCUT2D eigenvalue weighted by molar-refractivity contribution is 5.76. The maximum atomic E-state index is 13.4. The number of ether oxygens (including phenoxy) is 4. The molecule has 14 heteroatoms. The van der Waals surface area contributed by atoms with Crippen LogP contribution in [0.3, 0.4) is 0 Å². The van der Waals surface area contributed by atoms with Crippen molar-refractivity contribution in [1.29, 1.82) is 0 Å². The number of hydrogen-bond donors (Lipinski definition) is 9. The van der Waals surface area contributed by atoms with E-state index in [9.17, 15) is 45.6 Å². The summed E-state index contributed by atoms with van der Waals surface area (Å²) in [6.07, 6.45) is 79.8. The number of carbonyl (C=O) groups excluding carboxylic acids is 1. The molecule has 0 saturated carbocycles. The number of aliphatic hydroxyl groups is 8. The van der Waals surface area contributed by atoms with Crippen LogP contribution >= 0.6 is 0 Å². The molecular formula is C83H143NO13. The van der Waals surface area contributed by atoms with Crippen LogP contribution in [-0.2, 0) is 23.7 Å². The van der Waals surface area contributed by atoms with Crippen molar-refractivity contribution in [1.82, 2.24) is 5.32 Å². The topological polar surface area (TPSA) is 228 Å². The van der Waals surface area contributed by atoms with Gasteiger partial charge in [0.1, 0.15) is 48.8 Å². The summed E-state index contributed by atoms with van der Waals surface area (Å²) in [4.78, 5) is 13.4. The van der Waals surface area contributed by atoms with Gasteiger partial charge in [0.25, 0.3) is 0 Å². The van der Waals surface area contributed by atoms with Gasteiger partial charge in [0.2, 0.25) is 5.91 Å². The summed E-state index contributed by atoms with van der Waals surface area (Å²) in [5, 5.41) is 87.6. The van der Waals surface area contributed by atoms with Gasteiger partial charge in [-0.3, -0.25) is 4.79 Å². The normalized spacial score (nSPS) is 22.8. The van der Waals surface area contributed by atoms with Crippen LogP contribution in [0.4, 0.5) is 0 Å². The minimum Gasteiger partial charge on any atom is -0.394 e. The Kier molecular flexibility index (Phi) is 60.6.